The number of aryl methyl sites for hydroxylation is 1. The fraction of sp³-hybridized carbons (Fsp3) is 0.333. The van der Waals surface area contributed by atoms with Crippen molar-refractivity contribution in [3.8, 4) is 11.5 Å². The van der Waals surface area contributed by atoms with E-state index in [4.69, 9.17) is 4.74 Å². The molecule has 0 atom stereocenters. The molecule has 0 amide bonds. The second-order valence-corrected chi connectivity index (χ2v) is 2.53. The van der Waals surface area contributed by atoms with Crippen LogP contribution in [0.5, 0.6) is 11.5 Å². The maximum atomic E-state index is 11.9. The average Bonchev–Trinajstić information content (AvgIpc) is 2.03. The van der Waals surface area contributed by atoms with Crippen LogP contribution in [0, 0.1) is 6.92 Å². The van der Waals surface area contributed by atoms with Crippen molar-refractivity contribution in [3.63, 3.8) is 0 Å². The average molecular weight is 188 g/mol. The number of hydrogen-bond donors (Lipinski definition) is 0. The molecule has 0 spiro atoms. The smallest absolute Gasteiger partial charge is 0.387 e. The Morgan fingerprint density at radius 2 is 1.92 bits per heavy atom. The fourth-order valence-corrected chi connectivity index (χ4v) is 0.972. The van der Waals surface area contributed by atoms with E-state index >= 15 is 0 Å². The van der Waals surface area contributed by atoms with E-state index in [0.717, 1.165) is 5.56 Å². The standard InChI is InChI=1S/C9H10F2O2/c1-6-3-4-7(12-2)8(5-6)13-9(10)11/h3-5,9H,1-2H3. The zero-order valence-electron chi connectivity index (χ0n) is 7.38. The molecule has 0 unspecified atom stereocenters. The van der Waals surface area contributed by atoms with Gasteiger partial charge in [-0.15, -0.1) is 0 Å². The van der Waals surface area contributed by atoms with Crippen molar-refractivity contribution in [2.24, 2.45) is 0 Å². The van der Waals surface area contributed by atoms with Gasteiger partial charge in [-0.3, -0.25) is 0 Å². The predicted molar refractivity (Wildman–Crippen MR) is 44.4 cm³/mol. The molecule has 0 bridgehead atoms. The van der Waals surface area contributed by atoms with Crippen molar-refractivity contribution in [3.05, 3.63) is 23.8 Å². The highest BCUT2D eigenvalue weighted by Crippen LogP contribution is 2.28. The molecule has 0 N–H and O–H groups in total. The lowest BCUT2D eigenvalue weighted by Crippen LogP contribution is -2.03. The Kier molecular flexibility index (Phi) is 3.06. The van der Waals surface area contributed by atoms with Crippen molar-refractivity contribution in [2.45, 2.75) is 13.5 Å². The van der Waals surface area contributed by atoms with Gasteiger partial charge in [-0.2, -0.15) is 8.78 Å². The highest BCUT2D eigenvalue weighted by Gasteiger charge is 2.09. The summed E-state index contributed by atoms with van der Waals surface area (Å²) in [6, 6.07) is 4.86. The number of methoxy groups -OCH3 is 1. The molecule has 0 saturated carbocycles. The zero-order chi connectivity index (χ0) is 9.84. The summed E-state index contributed by atoms with van der Waals surface area (Å²) in [4.78, 5) is 0. The van der Waals surface area contributed by atoms with Crippen molar-refractivity contribution >= 4 is 0 Å². The SMILES string of the molecule is COc1ccc(C)cc1OC(F)F. The lowest BCUT2D eigenvalue weighted by atomic mass is 10.2. The molecule has 0 aromatic heterocycles. The van der Waals surface area contributed by atoms with Crippen LogP contribution in [0.2, 0.25) is 0 Å². The Labute approximate surface area is 75.1 Å². The minimum atomic E-state index is -2.82. The Morgan fingerprint density at radius 3 is 2.46 bits per heavy atom. The number of ether oxygens (including phenoxy) is 2. The van der Waals surface area contributed by atoms with Crippen molar-refractivity contribution < 1.29 is 18.3 Å². The first-order chi connectivity index (χ1) is 6.13. The summed E-state index contributed by atoms with van der Waals surface area (Å²) in [5.41, 5.74) is 0.844. The molecule has 0 saturated heterocycles. The van der Waals surface area contributed by atoms with E-state index in [1.165, 1.54) is 13.2 Å². The molecule has 2 nitrogen and oxygen atoms in total. The third-order valence-electron chi connectivity index (χ3n) is 1.54. The van der Waals surface area contributed by atoms with Gasteiger partial charge in [-0.05, 0) is 24.6 Å². The van der Waals surface area contributed by atoms with Crippen molar-refractivity contribution in [1.29, 1.82) is 0 Å². The Morgan fingerprint density at radius 1 is 1.23 bits per heavy atom. The van der Waals surface area contributed by atoms with Gasteiger partial charge in [-0.1, -0.05) is 6.07 Å². The van der Waals surface area contributed by atoms with Crippen LogP contribution in [0.1, 0.15) is 5.56 Å². The van der Waals surface area contributed by atoms with Gasteiger partial charge in [-0.25, -0.2) is 0 Å². The predicted octanol–water partition coefficient (Wildman–Crippen LogP) is 2.61. The fourth-order valence-electron chi connectivity index (χ4n) is 0.972. The topological polar surface area (TPSA) is 18.5 Å². The number of rotatable bonds is 3. The summed E-state index contributed by atoms with van der Waals surface area (Å²) in [6.07, 6.45) is 0. The molecular formula is C9H10F2O2. The van der Waals surface area contributed by atoms with E-state index in [0.29, 0.717) is 5.75 Å². The minimum Gasteiger partial charge on any atom is -0.493 e. The number of benzene rings is 1. The summed E-state index contributed by atoms with van der Waals surface area (Å²) in [7, 11) is 1.41. The van der Waals surface area contributed by atoms with Crippen LogP contribution < -0.4 is 9.47 Å². The molecule has 0 radical (unpaired) electrons. The Bertz CT molecular complexity index is 287. The van der Waals surface area contributed by atoms with Gasteiger partial charge < -0.3 is 9.47 Å². The van der Waals surface area contributed by atoms with Crippen LogP contribution in [0.4, 0.5) is 8.78 Å². The van der Waals surface area contributed by atoms with Crippen LogP contribution in [0.25, 0.3) is 0 Å². The molecule has 1 aromatic carbocycles. The molecule has 1 aromatic rings. The van der Waals surface area contributed by atoms with Gasteiger partial charge >= 0.3 is 6.61 Å². The zero-order valence-corrected chi connectivity index (χ0v) is 7.38. The van der Waals surface area contributed by atoms with Crippen LogP contribution >= 0.6 is 0 Å². The van der Waals surface area contributed by atoms with E-state index in [1.54, 1.807) is 19.1 Å². The molecule has 1 rings (SSSR count). The lowest BCUT2D eigenvalue weighted by molar-refractivity contribution is -0.0512. The summed E-state index contributed by atoms with van der Waals surface area (Å²) < 4.78 is 32.9. The summed E-state index contributed by atoms with van der Waals surface area (Å²) in [5.74, 6) is 0.378. The normalized spacial score (nSPS) is 10.2. The number of alkyl halides is 2. The quantitative estimate of drug-likeness (QED) is 0.725. The third-order valence-corrected chi connectivity index (χ3v) is 1.54. The van der Waals surface area contributed by atoms with E-state index in [9.17, 15) is 8.78 Å². The van der Waals surface area contributed by atoms with Crippen LogP contribution in [0.15, 0.2) is 18.2 Å². The number of halogens is 2. The molecular weight excluding hydrogens is 178 g/mol. The maximum Gasteiger partial charge on any atom is 0.387 e. The van der Waals surface area contributed by atoms with Gasteiger partial charge in [0.15, 0.2) is 11.5 Å². The first-order valence-corrected chi connectivity index (χ1v) is 3.73. The summed E-state index contributed by atoms with van der Waals surface area (Å²) in [5, 5.41) is 0. The highest BCUT2D eigenvalue weighted by atomic mass is 19.3. The molecule has 0 heterocycles. The Hall–Kier alpha value is -1.32. The van der Waals surface area contributed by atoms with Gasteiger partial charge in [0.05, 0.1) is 7.11 Å². The molecule has 0 aliphatic heterocycles. The second kappa shape index (κ2) is 4.07. The highest BCUT2D eigenvalue weighted by molar-refractivity contribution is 5.42. The summed E-state index contributed by atoms with van der Waals surface area (Å²) in [6.45, 7) is -1.03. The van der Waals surface area contributed by atoms with E-state index in [1.807, 2.05) is 0 Å². The minimum absolute atomic E-state index is 0.0671. The molecule has 0 aliphatic rings. The third kappa shape index (κ3) is 2.57. The number of hydrogen-bond acceptors (Lipinski definition) is 2. The van der Waals surface area contributed by atoms with Crippen molar-refractivity contribution in [2.75, 3.05) is 7.11 Å². The first-order valence-electron chi connectivity index (χ1n) is 3.73. The van der Waals surface area contributed by atoms with E-state index in [-0.39, 0.29) is 5.75 Å². The molecule has 0 fully saturated rings. The molecule has 0 aliphatic carbocycles. The van der Waals surface area contributed by atoms with Gasteiger partial charge in [0.2, 0.25) is 0 Å². The molecule has 13 heavy (non-hydrogen) atoms. The monoisotopic (exact) mass is 188 g/mol. The van der Waals surface area contributed by atoms with Crippen LogP contribution in [-0.2, 0) is 0 Å². The first kappa shape index (κ1) is 9.77. The van der Waals surface area contributed by atoms with Gasteiger partial charge in [0.25, 0.3) is 0 Å². The van der Waals surface area contributed by atoms with E-state index < -0.39 is 6.61 Å². The van der Waals surface area contributed by atoms with Crippen LogP contribution in [-0.4, -0.2) is 13.7 Å². The van der Waals surface area contributed by atoms with Gasteiger partial charge in [0.1, 0.15) is 0 Å². The summed E-state index contributed by atoms with van der Waals surface area (Å²) >= 11 is 0. The second-order valence-electron chi connectivity index (χ2n) is 2.53. The van der Waals surface area contributed by atoms with Crippen molar-refractivity contribution in [1.82, 2.24) is 0 Å². The van der Waals surface area contributed by atoms with Gasteiger partial charge in [0, 0.05) is 0 Å². The van der Waals surface area contributed by atoms with Crippen LogP contribution in [0.3, 0.4) is 0 Å². The molecule has 4 heteroatoms. The lowest BCUT2D eigenvalue weighted by Gasteiger charge is -2.09. The van der Waals surface area contributed by atoms with E-state index in [2.05, 4.69) is 4.74 Å². The maximum absolute atomic E-state index is 11.9. The largest absolute Gasteiger partial charge is 0.493 e. The Balaban J connectivity index is 2.94. The molecule has 72 valence electrons.